The molecule has 0 aliphatic carbocycles. The van der Waals surface area contributed by atoms with Gasteiger partial charge in [0.05, 0.1) is 5.69 Å². The first kappa shape index (κ1) is 20.8. The van der Waals surface area contributed by atoms with E-state index >= 15 is 0 Å². The van der Waals surface area contributed by atoms with Crippen molar-refractivity contribution in [3.63, 3.8) is 0 Å². The fourth-order valence-corrected chi connectivity index (χ4v) is 6.04. The van der Waals surface area contributed by atoms with Gasteiger partial charge in [-0.05, 0) is 69.2 Å². The summed E-state index contributed by atoms with van der Waals surface area (Å²) in [6.45, 7) is 10.7. The third kappa shape index (κ3) is 3.58. The van der Waals surface area contributed by atoms with Crippen molar-refractivity contribution in [2.24, 2.45) is 0 Å². The van der Waals surface area contributed by atoms with Crippen LogP contribution in [0.5, 0.6) is 0 Å². The first-order valence-electron chi connectivity index (χ1n) is 11.1. The lowest BCUT2D eigenvalue weighted by atomic mass is 10.1. The summed E-state index contributed by atoms with van der Waals surface area (Å²) < 4.78 is 2.06. The Morgan fingerprint density at radius 1 is 1.06 bits per heavy atom. The van der Waals surface area contributed by atoms with Gasteiger partial charge in [-0.1, -0.05) is 12.1 Å². The summed E-state index contributed by atoms with van der Waals surface area (Å²) in [5, 5.41) is 1.08. The van der Waals surface area contributed by atoms with Gasteiger partial charge in [-0.15, -0.1) is 11.3 Å². The molecule has 0 saturated carbocycles. The number of aryl methyl sites for hydroxylation is 3. The Hall–Kier alpha value is -3.12. The van der Waals surface area contributed by atoms with E-state index in [1.807, 2.05) is 36.4 Å². The fourth-order valence-electron chi connectivity index (χ4n) is 4.77. The van der Waals surface area contributed by atoms with Crippen LogP contribution in [0, 0.1) is 20.8 Å². The Morgan fingerprint density at radius 3 is 2.56 bits per heavy atom. The van der Waals surface area contributed by atoms with E-state index in [4.69, 9.17) is 4.98 Å². The van der Waals surface area contributed by atoms with Crippen LogP contribution in [0.3, 0.4) is 0 Å². The molecule has 1 aromatic carbocycles. The van der Waals surface area contributed by atoms with Gasteiger partial charge in [0.1, 0.15) is 9.71 Å². The van der Waals surface area contributed by atoms with Crippen LogP contribution in [-0.4, -0.2) is 46.0 Å². The van der Waals surface area contributed by atoms with Gasteiger partial charge >= 0.3 is 0 Å². The molecule has 1 fully saturated rings. The standard InChI is InChI=1S/C26H28N4OS/c1-17-8-7-9-21(14-17)30-13-12-29(16-20(30)4)26(31)24-23(28-10-5-6-11-28)22-18(2)15-19(3)27-25(22)32-24/h5-11,14-15,20H,12-13,16H2,1-4H3. The van der Waals surface area contributed by atoms with Crippen LogP contribution in [0.1, 0.15) is 33.4 Å². The van der Waals surface area contributed by atoms with Crippen molar-refractivity contribution in [1.29, 1.82) is 0 Å². The first-order chi connectivity index (χ1) is 15.4. The van der Waals surface area contributed by atoms with Crippen LogP contribution >= 0.6 is 11.3 Å². The number of fused-ring (bicyclic) bond motifs is 1. The Labute approximate surface area is 192 Å². The summed E-state index contributed by atoms with van der Waals surface area (Å²) >= 11 is 1.52. The summed E-state index contributed by atoms with van der Waals surface area (Å²) in [6.07, 6.45) is 4.02. The van der Waals surface area contributed by atoms with Crippen LogP contribution < -0.4 is 4.90 Å². The van der Waals surface area contributed by atoms with Gasteiger partial charge in [0.2, 0.25) is 0 Å². The van der Waals surface area contributed by atoms with E-state index in [1.165, 1.54) is 22.6 Å². The molecule has 1 amide bonds. The number of carbonyl (C=O) groups excluding carboxylic acids is 1. The maximum atomic E-state index is 13.8. The molecule has 3 aromatic heterocycles. The molecule has 0 bridgehead atoms. The minimum atomic E-state index is 0.101. The van der Waals surface area contributed by atoms with Crippen molar-refractivity contribution < 1.29 is 4.79 Å². The van der Waals surface area contributed by atoms with Crippen LogP contribution in [0.25, 0.3) is 15.9 Å². The number of thiophene rings is 1. The second kappa shape index (κ2) is 8.10. The highest BCUT2D eigenvalue weighted by atomic mass is 32.1. The number of piperazine rings is 1. The Balaban J connectivity index is 1.49. The maximum Gasteiger partial charge on any atom is 0.266 e. The van der Waals surface area contributed by atoms with Crippen LogP contribution in [0.4, 0.5) is 5.69 Å². The zero-order chi connectivity index (χ0) is 22.4. The molecule has 0 radical (unpaired) electrons. The molecule has 1 aliphatic heterocycles. The second-order valence-electron chi connectivity index (χ2n) is 8.76. The van der Waals surface area contributed by atoms with Gasteiger partial charge in [0, 0.05) is 54.8 Å². The monoisotopic (exact) mass is 444 g/mol. The first-order valence-corrected chi connectivity index (χ1v) is 11.9. The van der Waals surface area contributed by atoms with Gasteiger partial charge in [0.15, 0.2) is 0 Å². The van der Waals surface area contributed by atoms with E-state index in [1.54, 1.807) is 0 Å². The zero-order valence-electron chi connectivity index (χ0n) is 19.0. The van der Waals surface area contributed by atoms with Crippen molar-refractivity contribution in [3.05, 3.63) is 76.6 Å². The molecule has 32 heavy (non-hydrogen) atoms. The number of anilines is 1. The number of amides is 1. The number of nitrogens with zero attached hydrogens (tertiary/aromatic N) is 4. The number of hydrogen-bond acceptors (Lipinski definition) is 4. The average Bonchev–Trinajstić information content (AvgIpc) is 3.40. The predicted octanol–water partition coefficient (Wildman–Crippen LogP) is 5.36. The Morgan fingerprint density at radius 2 is 1.84 bits per heavy atom. The zero-order valence-corrected chi connectivity index (χ0v) is 19.8. The maximum absolute atomic E-state index is 13.8. The quantitative estimate of drug-likeness (QED) is 0.427. The van der Waals surface area contributed by atoms with Crippen molar-refractivity contribution in [2.45, 2.75) is 33.7 Å². The van der Waals surface area contributed by atoms with Gasteiger partial charge in [-0.25, -0.2) is 4.98 Å². The highest BCUT2D eigenvalue weighted by molar-refractivity contribution is 7.21. The minimum absolute atomic E-state index is 0.101. The highest BCUT2D eigenvalue weighted by Crippen LogP contribution is 2.37. The average molecular weight is 445 g/mol. The summed E-state index contributed by atoms with van der Waals surface area (Å²) in [4.78, 5) is 24.7. The molecular formula is C26H28N4OS. The Bertz CT molecular complexity index is 1290. The van der Waals surface area contributed by atoms with E-state index in [2.05, 4.69) is 60.6 Å². The van der Waals surface area contributed by atoms with Crippen LogP contribution in [-0.2, 0) is 0 Å². The van der Waals surface area contributed by atoms with Gasteiger partial charge in [-0.2, -0.15) is 0 Å². The molecule has 5 nitrogen and oxygen atoms in total. The molecule has 4 aromatic rings. The molecule has 0 N–H and O–H groups in total. The molecule has 164 valence electrons. The third-order valence-electron chi connectivity index (χ3n) is 6.27. The molecule has 6 heteroatoms. The topological polar surface area (TPSA) is 41.4 Å². The van der Waals surface area contributed by atoms with Crippen molar-refractivity contribution in [2.75, 3.05) is 24.5 Å². The van der Waals surface area contributed by atoms with Crippen molar-refractivity contribution in [1.82, 2.24) is 14.5 Å². The third-order valence-corrected chi connectivity index (χ3v) is 7.33. The molecule has 1 aliphatic rings. The largest absolute Gasteiger partial charge is 0.365 e. The SMILES string of the molecule is Cc1cccc(N2CCN(C(=O)c3sc4nc(C)cc(C)c4c3-n3cccc3)CC2C)c1. The molecule has 1 saturated heterocycles. The van der Waals surface area contributed by atoms with Crippen LogP contribution in [0.2, 0.25) is 0 Å². The van der Waals surface area contributed by atoms with Gasteiger partial charge in [-0.3, -0.25) is 4.79 Å². The van der Waals surface area contributed by atoms with E-state index in [9.17, 15) is 4.79 Å². The number of hydrogen-bond donors (Lipinski definition) is 0. The molecule has 0 spiro atoms. The van der Waals surface area contributed by atoms with Gasteiger partial charge < -0.3 is 14.4 Å². The normalized spacial score (nSPS) is 16.7. The number of benzene rings is 1. The molecule has 1 atom stereocenters. The lowest BCUT2D eigenvalue weighted by molar-refractivity contribution is 0.0731. The molecule has 5 rings (SSSR count). The number of carbonyl (C=O) groups is 1. The van der Waals surface area contributed by atoms with E-state index in [0.717, 1.165) is 38.6 Å². The van der Waals surface area contributed by atoms with E-state index < -0.39 is 0 Å². The fraction of sp³-hybridized carbons (Fsp3) is 0.308. The summed E-state index contributed by atoms with van der Waals surface area (Å²) in [5.41, 5.74) is 5.58. The lowest BCUT2D eigenvalue weighted by Crippen LogP contribution is -2.53. The molecular weight excluding hydrogens is 416 g/mol. The smallest absolute Gasteiger partial charge is 0.266 e. The highest BCUT2D eigenvalue weighted by Gasteiger charge is 2.31. The second-order valence-corrected chi connectivity index (χ2v) is 9.76. The predicted molar refractivity (Wildman–Crippen MR) is 132 cm³/mol. The van der Waals surface area contributed by atoms with Crippen LogP contribution in [0.15, 0.2) is 54.9 Å². The Kier molecular flexibility index (Phi) is 5.25. The summed E-state index contributed by atoms with van der Waals surface area (Å²) in [7, 11) is 0. The molecule has 4 heterocycles. The number of aromatic nitrogens is 2. The van der Waals surface area contributed by atoms with Gasteiger partial charge in [0.25, 0.3) is 5.91 Å². The van der Waals surface area contributed by atoms with E-state index in [0.29, 0.717) is 13.1 Å². The van der Waals surface area contributed by atoms with E-state index in [-0.39, 0.29) is 11.9 Å². The summed E-state index contributed by atoms with van der Waals surface area (Å²) in [6, 6.07) is 15.0. The lowest BCUT2D eigenvalue weighted by Gasteiger charge is -2.41. The summed E-state index contributed by atoms with van der Waals surface area (Å²) in [5.74, 6) is 0.101. The number of rotatable bonds is 3. The number of pyridine rings is 1. The molecule has 1 unspecified atom stereocenters. The van der Waals surface area contributed by atoms with Crippen molar-refractivity contribution in [3.8, 4) is 5.69 Å². The van der Waals surface area contributed by atoms with Crippen molar-refractivity contribution >= 4 is 33.1 Å². The minimum Gasteiger partial charge on any atom is -0.365 e.